The number of benzene rings is 3. The summed E-state index contributed by atoms with van der Waals surface area (Å²) in [6, 6.07) is 22.9. The summed E-state index contributed by atoms with van der Waals surface area (Å²) in [5.74, 6) is -0.985. The monoisotopic (exact) mass is 486 g/mol. The van der Waals surface area contributed by atoms with Crippen molar-refractivity contribution in [2.75, 3.05) is 18.5 Å². The van der Waals surface area contributed by atoms with Crippen molar-refractivity contribution < 1.29 is 23.9 Å². The molecule has 0 saturated heterocycles. The van der Waals surface area contributed by atoms with Crippen molar-refractivity contribution in [3.05, 3.63) is 103 Å². The molecule has 3 aromatic rings. The lowest BCUT2D eigenvalue weighted by Crippen LogP contribution is -2.32. The molecule has 3 N–H and O–H groups in total. The number of nitrogens with zero attached hydrogens (tertiary/aromatic N) is 1. The molecule has 0 aromatic heterocycles. The topological polar surface area (TPSA) is 118 Å². The second-order valence-corrected chi connectivity index (χ2v) is 7.40. The van der Waals surface area contributed by atoms with E-state index in [0.717, 1.165) is 5.56 Å². The summed E-state index contributed by atoms with van der Waals surface area (Å²) < 4.78 is 10.9. The van der Waals surface area contributed by atoms with Gasteiger partial charge in [-0.2, -0.15) is 5.10 Å². The molecule has 9 nitrogen and oxygen atoms in total. The summed E-state index contributed by atoms with van der Waals surface area (Å²) in [6.07, 6.45) is 2.98. The van der Waals surface area contributed by atoms with E-state index in [4.69, 9.17) is 9.47 Å². The number of nitrogens with one attached hydrogen (secondary N) is 3. The Hall–Kier alpha value is -4.92. The van der Waals surface area contributed by atoms with Crippen LogP contribution in [-0.2, 0) is 20.9 Å². The first-order chi connectivity index (χ1) is 17.5. The maximum Gasteiger partial charge on any atom is 0.329 e. The second-order valence-electron chi connectivity index (χ2n) is 7.40. The van der Waals surface area contributed by atoms with Crippen LogP contribution in [0.1, 0.15) is 11.1 Å². The summed E-state index contributed by atoms with van der Waals surface area (Å²) in [7, 11) is 0. The van der Waals surface area contributed by atoms with E-state index in [1.54, 1.807) is 54.6 Å². The zero-order valence-corrected chi connectivity index (χ0v) is 19.5. The molecule has 0 radical (unpaired) electrons. The van der Waals surface area contributed by atoms with Crippen LogP contribution in [0.5, 0.6) is 11.5 Å². The molecule has 3 rings (SSSR count). The van der Waals surface area contributed by atoms with Crippen molar-refractivity contribution in [1.29, 1.82) is 0 Å². The van der Waals surface area contributed by atoms with Crippen molar-refractivity contribution in [2.24, 2.45) is 5.10 Å². The van der Waals surface area contributed by atoms with E-state index in [9.17, 15) is 14.4 Å². The van der Waals surface area contributed by atoms with Crippen molar-refractivity contribution in [2.45, 2.75) is 6.54 Å². The fraction of sp³-hybridized carbons (Fsp3) is 0.111. The predicted molar refractivity (Wildman–Crippen MR) is 137 cm³/mol. The smallest absolute Gasteiger partial charge is 0.329 e. The number of carbonyl (C=O) groups is 3. The molecule has 0 aliphatic heterocycles. The van der Waals surface area contributed by atoms with E-state index in [1.165, 1.54) is 6.21 Å². The molecule has 0 aliphatic carbocycles. The molecule has 36 heavy (non-hydrogen) atoms. The third-order valence-corrected chi connectivity index (χ3v) is 4.63. The Morgan fingerprint density at radius 1 is 0.861 bits per heavy atom. The van der Waals surface area contributed by atoms with Gasteiger partial charge < -0.3 is 20.1 Å². The molecule has 0 heterocycles. The minimum Gasteiger partial charge on any atom is -0.490 e. The van der Waals surface area contributed by atoms with E-state index in [0.29, 0.717) is 35.9 Å². The summed E-state index contributed by atoms with van der Waals surface area (Å²) in [5.41, 5.74) is 4.20. The summed E-state index contributed by atoms with van der Waals surface area (Å²) in [4.78, 5) is 36.1. The van der Waals surface area contributed by atoms with Crippen LogP contribution in [0.4, 0.5) is 5.69 Å². The first kappa shape index (κ1) is 25.7. The van der Waals surface area contributed by atoms with Gasteiger partial charge in [0.1, 0.15) is 18.1 Å². The first-order valence-corrected chi connectivity index (χ1v) is 11.0. The maximum absolute atomic E-state index is 12.1. The lowest BCUT2D eigenvalue weighted by molar-refractivity contribution is -0.136. The molecule has 0 aliphatic rings. The van der Waals surface area contributed by atoms with Crippen LogP contribution in [0.15, 0.2) is 96.6 Å². The molecule has 3 aromatic carbocycles. The molecule has 0 atom stereocenters. The highest BCUT2D eigenvalue weighted by Gasteiger charge is 2.13. The van der Waals surface area contributed by atoms with Gasteiger partial charge in [0.2, 0.25) is 0 Å². The Kier molecular flexibility index (Phi) is 9.78. The van der Waals surface area contributed by atoms with Crippen LogP contribution in [0.2, 0.25) is 0 Å². The van der Waals surface area contributed by atoms with Crippen LogP contribution in [-0.4, -0.2) is 37.1 Å². The van der Waals surface area contributed by atoms with Crippen LogP contribution in [0, 0.1) is 0 Å². The lowest BCUT2D eigenvalue weighted by atomic mass is 10.2. The normalized spacial score (nSPS) is 10.3. The van der Waals surface area contributed by atoms with Crippen molar-refractivity contribution in [3.8, 4) is 11.5 Å². The van der Waals surface area contributed by atoms with Gasteiger partial charge in [0.25, 0.3) is 5.91 Å². The second kappa shape index (κ2) is 13.7. The molecule has 0 unspecified atom stereocenters. The van der Waals surface area contributed by atoms with Gasteiger partial charge in [0, 0.05) is 12.2 Å². The highest BCUT2D eigenvalue weighted by atomic mass is 16.5. The van der Waals surface area contributed by atoms with Crippen LogP contribution >= 0.6 is 0 Å². The Labute approximate surface area is 208 Å². The van der Waals surface area contributed by atoms with E-state index < -0.39 is 11.8 Å². The molecule has 0 bridgehead atoms. The Morgan fingerprint density at radius 2 is 1.64 bits per heavy atom. The number of anilines is 1. The van der Waals surface area contributed by atoms with Crippen LogP contribution in [0.3, 0.4) is 0 Å². The van der Waals surface area contributed by atoms with Gasteiger partial charge in [-0.15, -0.1) is 0 Å². The van der Waals surface area contributed by atoms with E-state index in [2.05, 4.69) is 27.7 Å². The number of hydrazone groups is 1. The van der Waals surface area contributed by atoms with Crippen molar-refractivity contribution >= 4 is 29.6 Å². The third-order valence-electron chi connectivity index (χ3n) is 4.63. The highest BCUT2D eigenvalue weighted by molar-refractivity contribution is 6.39. The van der Waals surface area contributed by atoms with E-state index in [-0.39, 0.29) is 12.5 Å². The average molecular weight is 487 g/mol. The SMILES string of the molecule is C=CCOc1ccc(NC(=O)C(=O)N/N=C\c2cccc(OCC(=O)NCc3ccccc3)c2)cc1. The molecule has 0 saturated carbocycles. The lowest BCUT2D eigenvalue weighted by Gasteiger charge is -2.08. The van der Waals surface area contributed by atoms with Gasteiger partial charge in [-0.3, -0.25) is 14.4 Å². The van der Waals surface area contributed by atoms with Gasteiger partial charge in [-0.1, -0.05) is 55.1 Å². The Balaban J connectivity index is 1.42. The number of rotatable bonds is 11. The summed E-state index contributed by atoms with van der Waals surface area (Å²) >= 11 is 0. The molecule has 9 heteroatoms. The Bertz CT molecular complexity index is 1210. The van der Waals surface area contributed by atoms with Gasteiger partial charge in [-0.25, -0.2) is 5.43 Å². The minimum absolute atomic E-state index is 0.147. The van der Waals surface area contributed by atoms with Gasteiger partial charge in [-0.05, 0) is 47.5 Å². The highest BCUT2D eigenvalue weighted by Crippen LogP contribution is 2.15. The largest absolute Gasteiger partial charge is 0.490 e. The third kappa shape index (κ3) is 8.79. The fourth-order valence-corrected chi connectivity index (χ4v) is 2.87. The predicted octanol–water partition coefficient (Wildman–Crippen LogP) is 3.04. The molecular weight excluding hydrogens is 460 g/mol. The van der Waals surface area contributed by atoms with E-state index >= 15 is 0 Å². The molecule has 0 spiro atoms. The van der Waals surface area contributed by atoms with E-state index in [1.807, 2.05) is 30.3 Å². The minimum atomic E-state index is -0.930. The van der Waals surface area contributed by atoms with Gasteiger partial charge in [0.05, 0.1) is 6.21 Å². The van der Waals surface area contributed by atoms with Crippen molar-refractivity contribution in [3.63, 3.8) is 0 Å². The quantitative estimate of drug-likeness (QED) is 0.167. The number of ether oxygens (including phenoxy) is 2. The maximum atomic E-state index is 12.1. The van der Waals surface area contributed by atoms with Gasteiger partial charge >= 0.3 is 11.8 Å². The number of hydrogen-bond donors (Lipinski definition) is 3. The number of carbonyl (C=O) groups excluding carboxylic acids is 3. The van der Waals surface area contributed by atoms with Gasteiger partial charge in [0.15, 0.2) is 6.61 Å². The zero-order valence-electron chi connectivity index (χ0n) is 19.5. The Morgan fingerprint density at radius 3 is 2.39 bits per heavy atom. The van der Waals surface area contributed by atoms with Crippen LogP contribution in [0.25, 0.3) is 0 Å². The summed E-state index contributed by atoms with van der Waals surface area (Å²) in [5, 5.41) is 9.06. The molecular formula is C27H26N4O5. The first-order valence-electron chi connectivity index (χ1n) is 11.0. The number of hydrogen-bond acceptors (Lipinski definition) is 6. The summed E-state index contributed by atoms with van der Waals surface area (Å²) in [6.45, 7) is 4.21. The molecule has 184 valence electrons. The molecule has 0 fully saturated rings. The zero-order chi connectivity index (χ0) is 25.6. The standard InChI is InChI=1S/C27H26N4O5/c1-2-15-35-23-13-11-22(12-14-23)30-26(33)27(34)31-29-18-21-9-6-10-24(16-21)36-19-25(32)28-17-20-7-4-3-5-8-20/h2-14,16,18H,1,15,17,19H2,(H,28,32)(H,30,33)(H,31,34)/b29-18-. The molecule has 3 amide bonds. The van der Waals surface area contributed by atoms with Crippen molar-refractivity contribution in [1.82, 2.24) is 10.7 Å². The fourth-order valence-electron chi connectivity index (χ4n) is 2.87. The van der Waals surface area contributed by atoms with Crippen LogP contribution < -0.4 is 25.5 Å². The average Bonchev–Trinajstić information content (AvgIpc) is 2.91. The number of amides is 3.